The van der Waals surface area contributed by atoms with Crippen molar-refractivity contribution in [2.24, 2.45) is 0 Å². The van der Waals surface area contributed by atoms with E-state index in [-0.39, 0.29) is 11.6 Å². The number of nitrogens with zero attached hydrogens (tertiary/aromatic N) is 2. The maximum atomic E-state index is 10.6. The zero-order valence-corrected chi connectivity index (χ0v) is 9.71. The fourth-order valence-electron chi connectivity index (χ4n) is 1.24. The van der Waals surface area contributed by atoms with Crippen LogP contribution in [-0.2, 0) is 16.5 Å². The molecule has 0 unspecified atom stereocenters. The molecule has 1 aromatic carbocycles. The highest BCUT2D eigenvalue weighted by Crippen LogP contribution is 2.17. The standard InChI is InChI=1S/C11H10N2O3S/c14-17(15)8-10-12-7-6-11(13-10)16-9-4-2-1-3-5-9/h1-7,17H,8H2. The van der Waals surface area contributed by atoms with Crippen LogP contribution in [0.15, 0.2) is 42.6 Å². The smallest absolute Gasteiger partial charge is 0.222 e. The molecule has 0 saturated heterocycles. The molecule has 88 valence electrons. The Bertz CT molecular complexity index is 562. The first-order valence-electron chi connectivity index (χ1n) is 4.90. The molecular weight excluding hydrogens is 240 g/mol. The predicted molar refractivity (Wildman–Crippen MR) is 62.6 cm³/mol. The number of benzene rings is 1. The fourth-order valence-corrected chi connectivity index (χ4v) is 1.62. The third kappa shape index (κ3) is 3.53. The van der Waals surface area contributed by atoms with Gasteiger partial charge in [-0.3, -0.25) is 0 Å². The minimum atomic E-state index is -2.53. The molecule has 0 spiro atoms. The first-order chi connectivity index (χ1) is 8.24. The molecule has 0 atom stereocenters. The summed E-state index contributed by atoms with van der Waals surface area (Å²) in [5.74, 6) is 1.03. The molecular formula is C11H10N2O3S. The van der Waals surface area contributed by atoms with Crippen LogP contribution < -0.4 is 4.74 Å². The van der Waals surface area contributed by atoms with Crippen LogP contribution in [-0.4, -0.2) is 18.4 Å². The van der Waals surface area contributed by atoms with E-state index in [1.54, 1.807) is 18.2 Å². The number of para-hydroxylation sites is 1. The molecule has 6 heteroatoms. The Morgan fingerprint density at radius 2 is 1.88 bits per heavy atom. The van der Waals surface area contributed by atoms with Crippen molar-refractivity contribution >= 4 is 10.7 Å². The average Bonchev–Trinajstić information content (AvgIpc) is 2.30. The Labute approximate surface area is 100 Å². The SMILES string of the molecule is O=[SH](=O)Cc1nccc(Oc2ccccc2)n1. The lowest BCUT2D eigenvalue weighted by atomic mass is 10.3. The molecule has 0 amide bonds. The molecule has 0 aliphatic heterocycles. The first-order valence-corrected chi connectivity index (χ1v) is 6.27. The van der Waals surface area contributed by atoms with Gasteiger partial charge in [-0.05, 0) is 12.1 Å². The molecule has 0 N–H and O–H groups in total. The molecule has 0 radical (unpaired) electrons. The van der Waals surface area contributed by atoms with Crippen LogP contribution in [0.4, 0.5) is 0 Å². The maximum Gasteiger partial charge on any atom is 0.222 e. The lowest BCUT2D eigenvalue weighted by Crippen LogP contribution is -1.97. The monoisotopic (exact) mass is 250 g/mol. The zero-order chi connectivity index (χ0) is 12.1. The first kappa shape index (κ1) is 11.5. The van der Waals surface area contributed by atoms with Gasteiger partial charge < -0.3 is 4.74 Å². The number of hydrogen-bond donors (Lipinski definition) is 1. The maximum absolute atomic E-state index is 10.6. The Balaban J connectivity index is 2.16. The highest BCUT2D eigenvalue weighted by atomic mass is 32.2. The molecule has 0 aliphatic rings. The number of hydrogen-bond acceptors (Lipinski definition) is 5. The van der Waals surface area contributed by atoms with Crippen molar-refractivity contribution in [3.8, 4) is 11.6 Å². The van der Waals surface area contributed by atoms with Gasteiger partial charge in [0.15, 0.2) is 0 Å². The predicted octanol–water partition coefficient (Wildman–Crippen LogP) is 1.38. The lowest BCUT2D eigenvalue weighted by Gasteiger charge is -2.04. The second kappa shape index (κ2) is 5.40. The van der Waals surface area contributed by atoms with E-state index in [1.807, 2.05) is 18.2 Å². The molecule has 0 saturated carbocycles. The molecule has 1 heterocycles. The molecule has 2 aromatic rings. The van der Waals surface area contributed by atoms with E-state index >= 15 is 0 Å². The summed E-state index contributed by atoms with van der Waals surface area (Å²) in [6.45, 7) is 0. The summed E-state index contributed by atoms with van der Waals surface area (Å²) in [7, 11) is -2.53. The van der Waals surface area contributed by atoms with Crippen molar-refractivity contribution in [3.05, 3.63) is 48.4 Å². The van der Waals surface area contributed by atoms with Gasteiger partial charge >= 0.3 is 0 Å². The van der Waals surface area contributed by atoms with Gasteiger partial charge in [-0.15, -0.1) is 0 Å². The molecule has 5 nitrogen and oxygen atoms in total. The van der Waals surface area contributed by atoms with Crippen molar-refractivity contribution in [1.82, 2.24) is 9.97 Å². The molecule has 2 rings (SSSR count). The van der Waals surface area contributed by atoms with Gasteiger partial charge in [0.1, 0.15) is 28.0 Å². The van der Waals surface area contributed by atoms with Gasteiger partial charge in [0.05, 0.1) is 0 Å². The molecule has 1 aromatic heterocycles. The summed E-state index contributed by atoms with van der Waals surface area (Å²) < 4.78 is 26.6. The van der Waals surface area contributed by atoms with Gasteiger partial charge in [-0.1, -0.05) is 18.2 Å². The van der Waals surface area contributed by atoms with Gasteiger partial charge in [0, 0.05) is 12.3 Å². The van der Waals surface area contributed by atoms with Crippen LogP contribution in [0.3, 0.4) is 0 Å². The number of thiol groups is 1. The Morgan fingerprint density at radius 3 is 2.59 bits per heavy atom. The van der Waals surface area contributed by atoms with Crippen LogP contribution in [0.25, 0.3) is 0 Å². The average molecular weight is 250 g/mol. The molecule has 17 heavy (non-hydrogen) atoms. The largest absolute Gasteiger partial charge is 0.439 e. The van der Waals surface area contributed by atoms with Crippen LogP contribution in [0.2, 0.25) is 0 Å². The van der Waals surface area contributed by atoms with Gasteiger partial charge in [-0.2, -0.15) is 4.98 Å². The second-order valence-electron chi connectivity index (χ2n) is 3.22. The lowest BCUT2D eigenvalue weighted by molar-refractivity contribution is 0.459. The zero-order valence-electron chi connectivity index (χ0n) is 8.81. The van der Waals surface area contributed by atoms with Gasteiger partial charge in [-0.25, -0.2) is 13.4 Å². The summed E-state index contributed by atoms with van der Waals surface area (Å²) in [5.41, 5.74) is 0. The van der Waals surface area contributed by atoms with Gasteiger partial charge in [0.25, 0.3) is 0 Å². The van der Waals surface area contributed by atoms with E-state index in [1.165, 1.54) is 6.20 Å². The van der Waals surface area contributed by atoms with Crippen molar-refractivity contribution < 1.29 is 13.2 Å². The molecule has 0 bridgehead atoms. The van der Waals surface area contributed by atoms with E-state index in [9.17, 15) is 8.42 Å². The molecule has 0 aliphatic carbocycles. The summed E-state index contributed by atoms with van der Waals surface area (Å²) in [4.78, 5) is 7.84. The van der Waals surface area contributed by atoms with Crippen molar-refractivity contribution in [2.75, 3.05) is 0 Å². The van der Waals surface area contributed by atoms with Crippen LogP contribution >= 0.6 is 0 Å². The second-order valence-corrected chi connectivity index (χ2v) is 4.20. The number of ether oxygens (including phenoxy) is 1. The van der Waals surface area contributed by atoms with E-state index in [4.69, 9.17) is 4.74 Å². The van der Waals surface area contributed by atoms with Crippen molar-refractivity contribution in [1.29, 1.82) is 0 Å². The van der Waals surface area contributed by atoms with Crippen LogP contribution in [0.1, 0.15) is 5.82 Å². The van der Waals surface area contributed by atoms with E-state index in [0.717, 1.165) is 0 Å². The van der Waals surface area contributed by atoms with Crippen LogP contribution in [0.5, 0.6) is 11.6 Å². The summed E-state index contributed by atoms with van der Waals surface area (Å²) >= 11 is 0. The minimum absolute atomic E-state index is 0.179. The summed E-state index contributed by atoms with van der Waals surface area (Å²) in [6, 6.07) is 10.7. The Hall–Kier alpha value is -1.95. The van der Waals surface area contributed by atoms with E-state index in [2.05, 4.69) is 9.97 Å². The Kier molecular flexibility index (Phi) is 3.66. The van der Waals surface area contributed by atoms with Crippen molar-refractivity contribution in [3.63, 3.8) is 0 Å². The van der Waals surface area contributed by atoms with Crippen LogP contribution in [0, 0.1) is 0 Å². The highest BCUT2D eigenvalue weighted by molar-refractivity contribution is 7.71. The highest BCUT2D eigenvalue weighted by Gasteiger charge is 2.02. The number of aromatic nitrogens is 2. The van der Waals surface area contributed by atoms with E-state index in [0.29, 0.717) is 11.6 Å². The quantitative estimate of drug-likeness (QED) is 0.830. The summed E-state index contributed by atoms with van der Waals surface area (Å²) in [5, 5.41) is 0. The van der Waals surface area contributed by atoms with Crippen molar-refractivity contribution in [2.45, 2.75) is 5.75 Å². The fraction of sp³-hybridized carbons (Fsp3) is 0.0909. The van der Waals surface area contributed by atoms with E-state index < -0.39 is 10.7 Å². The summed E-state index contributed by atoms with van der Waals surface area (Å²) in [6.07, 6.45) is 1.47. The third-order valence-electron chi connectivity index (χ3n) is 1.92. The normalized spacial score (nSPS) is 10.4. The van der Waals surface area contributed by atoms with Gasteiger partial charge in [0.2, 0.25) is 5.88 Å². The Morgan fingerprint density at radius 1 is 1.12 bits per heavy atom. The molecule has 0 fully saturated rings. The topological polar surface area (TPSA) is 69.2 Å². The minimum Gasteiger partial charge on any atom is -0.439 e. The third-order valence-corrected chi connectivity index (χ3v) is 2.46. The number of rotatable bonds is 4.